The van der Waals surface area contributed by atoms with Crippen LogP contribution in [0.25, 0.3) is 66.1 Å². The van der Waals surface area contributed by atoms with Gasteiger partial charge in [-0.1, -0.05) is 66.7 Å². The van der Waals surface area contributed by atoms with Crippen LogP contribution in [-0.4, -0.2) is 9.13 Å². The average molecular weight is 535 g/mol. The van der Waals surface area contributed by atoms with Crippen LogP contribution in [0, 0.1) is 22.7 Å². The van der Waals surface area contributed by atoms with E-state index in [0.717, 1.165) is 44.3 Å². The number of rotatable bonds is 3. The molecule has 0 aliphatic heterocycles. The predicted molar refractivity (Wildman–Crippen MR) is 170 cm³/mol. The maximum atomic E-state index is 9.61. The SMILES string of the molecule is N#Cc1cc(C#N)cc(-n2c3ccccc3c3cc(-c4ccc5c(c4)c4ccccc4n5-c4ccccc4)ccc32)c1. The van der Waals surface area contributed by atoms with Crippen LogP contribution in [0.2, 0.25) is 0 Å². The Morgan fingerprint density at radius 3 is 1.36 bits per heavy atom. The number of hydrogen-bond donors (Lipinski definition) is 0. The number of para-hydroxylation sites is 3. The van der Waals surface area contributed by atoms with Gasteiger partial charge in [-0.2, -0.15) is 10.5 Å². The summed E-state index contributed by atoms with van der Waals surface area (Å²) in [5.74, 6) is 0. The van der Waals surface area contributed by atoms with Crippen LogP contribution in [-0.2, 0) is 0 Å². The van der Waals surface area contributed by atoms with Crippen molar-refractivity contribution in [2.45, 2.75) is 0 Å². The highest BCUT2D eigenvalue weighted by atomic mass is 15.0. The number of hydrogen-bond acceptors (Lipinski definition) is 2. The second kappa shape index (κ2) is 9.24. The maximum absolute atomic E-state index is 9.61. The van der Waals surface area contributed by atoms with Gasteiger partial charge in [-0.25, -0.2) is 0 Å². The lowest BCUT2D eigenvalue weighted by molar-refractivity contribution is 1.17. The Labute approximate surface area is 242 Å². The summed E-state index contributed by atoms with van der Waals surface area (Å²) in [4.78, 5) is 0. The zero-order chi connectivity index (χ0) is 28.2. The fourth-order valence-corrected chi connectivity index (χ4v) is 6.31. The Morgan fingerprint density at radius 1 is 0.381 bits per heavy atom. The fraction of sp³-hybridized carbons (Fsp3) is 0. The quantitative estimate of drug-likeness (QED) is 0.227. The van der Waals surface area contributed by atoms with Gasteiger partial charge in [-0.15, -0.1) is 0 Å². The summed E-state index contributed by atoms with van der Waals surface area (Å²) >= 11 is 0. The highest BCUT2D eigenvalue weighted by molar-refractivity contribution is 6.12. The van der Waals surface area contributed by atoms with Gasteiger partial charge >= 0.3 is 0 Å². The molecule has 0 N–H and O–H groups in total. The Balaban J connectivity index is 1.35. The Hall–Kier alpha value is -6.10. The first-order valence-electron chi connectivity index (χ1n) is 13.8. The molecule has 0 radical (unpaired) electrons. The van der Waals surface area contributed by atoms with E-state index in [9.17, 15) is 10.5 Å². The van der Waals surface area contributed by atoms with Crippen molar-refractivity contribution < 1.29 is 0 Å². The number of aromatic nitrogens is 2. The number of nitrogens with zero attached hydrogens (tertiary/aromatic N) is 4. The highest BCUT2D eigenvalue weighted by Crippen LogP contribution is 2.38. The molecule has 0 atom stereocenters. The lowest BCUT2D eigenvalue weighted by Crippen LogP contribution is -1.96. The van der Waals surface area contributed by atoms with Gasteiger partial charge < -0.3 is 9.13 Å². The lowest BCUT2D eigenvalue weighted by atomic mass is 10.0. The van der Waals surface area contributed by atoms with Crippen LogP contribution in [0.5, 0.6) is 0 Å². The van der Waals surface area contributed by atoms with Gasteiger partial charge in [0.25, 0.3) is 0 Å². The minimum absolute atomic E-state index is 0.467. The van der Waals surface area contributed by atoms with Crippen molar-refractivity contribution in [2.24, 2.45) is 0 Å². The second-order valence-electron chi connectivity index (χ2n) is 10.5. The van der Waals surface area contributed by atoms with E-state index in [1.807, 2.05) is 24.3 Å². The van der Waals surface area contributed by atoms with Crippen LogP contribution in [0.4, 0.5) is 0 Å². The molecular formula is C38H22N4. The number of fused-ring (bicyclic) bond motifs is 6. The molecule has 2 heterocycles. The van der Waals surface area contributed by atoms with E-state index in [-0.39, 0.29) is 0 Å². The highest BCUT2D eigenvalue weighted by Gasteiger charge is 2.16. The van der Waals surface area contributed by atoms with E-state index in [4.69, 9.17) is 0 Å². The molecule has 194 valence electrons. The van der Waals surface area contributed by atoms with Crippen LogP contribution in [0.15, 0.2) is 133 Å². The largest absolute Gasteiger partial charge is 0.309 e. The van der Waals surface area contributed by atoms with E-state index >= 15 is 0 Å². The molecule has 0 aliphatic carbocycles. The first-order chi connectivity index (χ1) is 20.7. The molecule has 0 unspecified atom stereocenters. The molecule has 2 aromatic heterocycles. The van der Waals surface area contributed by atoms with Crippen LogP contribution in [0.3, 0.4) is 0 Å². The number of nitriles is 2. The van der Waals surface area contributed by atoms with E-state index in [1.54, 1.807) is 6.07 Å². The second-order valence-corrected chi connectivity index (χ2v) is 10.5. The Kier molecular flexibility index (Phi) is 5.22. The molecule has 8 aromatic rings. The monoisotopic (exact) mass is 534 g/mol. The summed E-state index contributed by atoms with van der Waals surface area (Å²) in [6, 6.07) is 50.4. The number of benzene rings is 6. The van der Waals surface area contributed by atoms with Crippen LogP contribution < -0.4 is 0 Å². The summed E-state index contributed by atoms with van der Waals surface area (Å²) in [5.41, 5.74) is 9.59. The smallest absolute Gasteiger partial charge is 0.0992 e. The van der Waals surface area contributed by atoms with Gasteiger partial charge in [-0.05, 0) is 77.9 Å². The fourth-order valence-electron chi connectivity index (χ4n) is 6.31. The van der Waals surface area contributed by atoms with Gasteiger partial charge in [0.05, 0.1) is 45.3 Å². The molecule has 0 spiro atoms. The van der Waals surface area contributed by atoms with E-state index < -0.39 is 0 Å². The van der Waals surface area contributed by atoms with Gasteiger partial charge in [-0.3, -0.25) is 0 Å². The third kappa shape index (κ3) is 3.53. The predicted octanol–water partition coefficient (Wildman–Crippen LogP) is 9.29. The molecule has 42 heavy (non-hydrogen) atoms. The van der Waals surface area contributed by atoms with E-state index in [1.165, 1.54) is 21.8 Å². The van der Waals surface area contributed by atoms with Crippen molar-refractivity contribution in [3.8, 4) is 34.6 Å². The molecule has 4 heteroatoms. The molecule has 6 aromatic carbocycles. The maximum Gasteiger partial charge on any atom is 0.0992 e. The molecule has 4 nitrogen and oxygen atoms in total. The first kappa shape index (κ1) is 23.8. The Bertz CT molecular complexity index is 2400. The van der Waals surface area contributed by atoms with Crippen LogP contribution in [0.1, 0.15) is 11.1 Å². The van der Waals surface area contributed by atoms with Gasteiger partial charge in [0, 0.05) is 32.9 Å². The van der Waals surface area contributed by atoms with Gasteiger partial charge in [0.1, 0.15) is 0 Å². The van der Waals surface area contributed by atoms with Crippen molar-refractivity contribution in [1.82, 2.24) is 9.13 Å². The normalized spacial score (nSPS) is 11.3. The van der Waals surface area contributed by atoms with Crippen LogP contribution >= 0.6 is 0 Å². The zero-order valence-electron chi connectivity index (χ0n) is 22.5. The molecule has 8 rings (SSSR count). The Morgan fingerprint density at radius 2 is 0.833 bits per heavy atom. The van der Waals surface area contributed by atoms with Crippen molar-refractivity contribution >= 4 is 43.6 Å². The molecule has 0 fully saturated rings. The standard InChI is InChI=1S/C38H22N4/c39-23-25-18-26(24-40)20-30(19-25)42-36-13-7-5-11-32(36)34-22-28(15-17-38(34)42)27-14-16-37-33(21-27)31-10-4-6-12-35(31)41(37)29-8-2-1-3-9-29/h1-22H. The van der Waals surface area contributed by atoms with E-state index in [0.29, 0.717) is 11.1 Å². The molecular weight excluding hydrogens is 512 g/mol. The molecule has 0 saturated carbocycles. The summed E-state index contributed by atoms with van der Waals surface area (Å²) < 4.78 is 4.48. The zero-order valence-corrected chi connectivity index (χ0v) is 22.5. The molecule has 0 amide bonds. The van der Waals surface area contributed by atoms with Gasteiger partial charge in [0.15, 0.2) is 0 Å². The topological polar surface area (TPSA) is 57.4 Å². The van der Waals surface area contributed by atoms with Crippen molar-refractivity contribution in [2.75, 3.05) is 0 Å². The summed E-state index contributed by atoms with van der Waals surface area (Å²) in [7, 11) is 0. The van der Waals surface area contributed by atoms with E-state index in [2.05, 4.69) is 124 Å². The molecule has 0 aliphatic rings. The summed E-state index contributed by atoms with van der Waals surface area (Å²) in [6.45, 7) is 0. The first-order valence-corrected chi connectivity index (χ1v) is 13.8. The third-order valence-electron chi connectivity index (χ3n) is 8.13. The average Bonchev–Trinajstić information content (AvgIpc) is 3.57. The minimum atomic E-state index is 0.467. The van der Waals surface area contributed by atoms with Crippen molar-refractivity contribution in [1.29, 1.82) is 10.5 Å². The van der Waals surface area contributed by atoms with Crippen molar-refractivity contribution in [3.63, 3.8) is 0 Å². The molecule has 0 bridgehead atoms. The molecule has 0 saturated heterocycles. The third-order valence-corrected chi connectivity index (χ3v) is 8.13. The van der Waals surface area contributed by atoms with Gasteiger partial charge in [0.2, 0.25) is 0 Å². The lowest BCUT2D eigenvalue weighted by Gasteiger charge is -2.10. The minimum Gasteiger partial charge on any atom is -0.309 e. The summed E-state index contributed by atoms with van der Waals surface area (Å²) in [6.07, 6.45) is 0. The summed E-state index contributed by atoms with van der Waals surface area (Å²) in [5, 5.41) is 23.9. The van der Waals surface area contributed by atoms with Crippen molar-refractivity contribution in [3.05, 3.63) is 145 Å².